The summed E-state index contributed by atoms with van der Waals surface area (Å²) in [4.78, 5) is 26.2. The smallest absolute Gasteiger partial charge is 0.177 e. The van der Waals surface area contributed by atoms with Gasteiger partial charge in [-0.2, -0.15) is 0 Å². The molecule has 2 heteroatoms. The Bertz CT molecular complexity index is 703. The second kappa shape index (κ2) is 5.88. The van der Waals surface area contributed by atoms with E-state index in [-0.39, 0.29) is 11.6 Å². The normalized spacial score (nSPS) is 20.5. The number of Topliss-reactive ketones (excluding diaryl/α,β-unsaturated/α-hetero) is 2. The molecule has 0 bridgehead atoms. The molecule has 3 rings (SSSR count). The molecular formula is C20H19O2. The predicted octanol–water partition coefficient (Wildman–Crippen LogP) is 4.30. The van der Waals surface area contributed by atoms with Crippen LogP contribution in [0, 0.1) is 12.3 Å². The highest BCUT2D eigenvalue weighted by atomic mass is 16.2. The van der Waals surface area contributed by atoms with Crippen molar-refractivity contribution < 1.29 is 9.59 Å². The third kappa shape index (κ3) is 2.29. The van der Waals surface area contributed by atoms with Crippen LogP contribution in [0.3, 0.4) is 0 Å². The Kier molecular flexibility index (Phi) is 3.93. The number of aryl methyl sites for hydroxylation is 1. The van der Waals surface area contributed by atoms with Crippen molar-refractivity contribution in [2.24, 2.45) is 5.41 Å². The summed E-state index contributed by atoms with van der Waals surface area (Å²) in [5.41, 5.74) is 1.42. The second-order valence-electron chi connectivity index (χ2n) is 5.87. The number of rotatable bonds is 4. The maximum Gasteiger partial charge on any atom is 0.177 e. The first-order chi connectivity index (χ1) is 10.7. The largest absolute Gasteiger partial charge is 0.293 e. The molecule has 2 aromatic rings. The van der Waals surface area contributed by atoms with E-state index in [1.54, 1.807) is 12.1 Å². The topological polar surface area (TPSA) is 34.1 Å². The van der Waals surface area contributed by atoms with Crippen molar-refractivity contribution in [2.75, 3.05) is 0 Å². The maximum atomic E-state index is 13.1. The molecule has 2 nitrogen and oxygen atoms in total. The van der Waals surface area contributed by atoms with Crippen LogP contribution in [0.5, 0.6) is 0 Å². The van der Waals surface area contributed by atoms with E-state index in [4.69, 9.17) is 0 Å². The van der Waals surface area contributed by atoms with Gasteiger partial charge in [-0.3, -0.25) is 9.59 Å². The van der Waals surface area contributed by atoms with E-state index in [0.29, 0.717) is 30.4 Å². The van der Waals surface area contributed by atoms with Crippen molar-refractivity contribution in [1.82, 2.24) is 0 Å². The van der Waals surface area contributed by atoms with E-state index >= 15 is 0 Å². The Morgan fingerprint density at radius 2 is 1.73 bits per heavy atom. The summed E-state index contributed by atoms with van der Waals surface area (Å²) in [6.07, 6.45) is 2.42. The molecule has 1 atom stereocenters. The van der Waals surface area contributed by atoms with Gasteiger partial charge >= 0.3 is 0 Å². The fraction of sp³-hybridized carbons (Fsp3) is 0.250. The van der Waals surface area contributed by atoms with E-state index in [0.717, 1.165) is 12.0 Å². The van der Waals surface area contributed by atoms with Crippen molar-refractivity contribution >= 4 is 11.6 Å². The molecule has 1 unspecified atom stereocenters. The first kappa shape index (κ1) is 14.7. The van der Waals surface area contributed by atoms with E-state index in [1.807, 2.05) is 42.5 Å². The molecular weight excluding hydrogens is 272 g/mol. The van der Waals surface area contributed by atoms with Crippen LogP contribution in [0.15, 0.2) is 54.6 Å². The van der Waals surface area contributed by atoms with E-state index in [1.165, 1.54) is 0 Å². The lowest BCUT2D eigenvalue weighted by atomic mass is 9.64. The number of fused-ring (bicyclic) bond motifs is 1. The molecule has 22 heavy (non-hydrogen) atoms. The van der Waals surface area contributed by atoms with Crippen LogP contribution in [0.25, 0.3) is 0 Å². The first-order valence-electron chi connectivity index (χ1n) is 7.71. The summed E-state index contributed by atoms with van der Waals surface area (Å²) in [6, 6.07) is 16.8. The van der Waals surface area contributed by atoms with E-state index in [2.05, 4.69) is 6.92 Å². The van der Waals surface area contributed by atoms with Gasteiger partial charge in [0.15, 0.2) is 11.6 Å². The highest BCUT2D eigenvalue weighted by molar-refractivity contribution is 6.20. The van der Waals surface area contributed by atoms with Gasteiger partial charge in [0, 0.05) is 11.1 Å². The van der Waals surface area contributed by atoms with Crippen LogP contribution in [0.1, 0.15) is 45.5 Å². The molecule has 1 aliphatic carbocycles. The average molecular weight is 291 g/mol. The summed E-state index contributed by atoms with van der Waals surface area (Å²) in [5.74, 6) is -0.0943. The summed E-state index contributed by atoms with van der Waals surface area (Å²) >= 11 is 0. The summed E-state index contributed by atoms with van der Waals surface area (Å²) in [5, 5.41) is 0. The van der Waals surface area contributed by atoms with Gasteiger partial charge in [0.05, 0.1) is 5.41 Å². The molecule has 0 spiro atoms. The van der Waals surface area contributed by atoms with Gasteiger partial charge in [0.2, 0.25) is 0 Å². The molecule has 0 saturated heterocycles. The zero-order valence-electron chi connectivity index (χ0n) is 12.5. The van der Waals surface area contributed by atoms with Gasteiger partial charge < -0.3 is 0 Å². The summed E-state index contributed by atoms with van der Waals surface area (Å²) < 4.78 is 0. The number of benzene rings is 2. The Hall–Kier alpha value is -2.22. The third-order valence-electron chi connectivity index (χ3n) is 4.59. The van der Waals surface area contributed by atoms with Crippen LogP contribution in [0.2, 0.25) is 0 Å². The molecule has 111 valence electrons. The number of hydrogen-bond donors (Lipinski definition) is 0. The summed E-state index contributed by atoms with van der Waals surface area (Å²) in [6.45, 7) is 3.89. The lowest BCUT2D eigenvalue weighted by Crippen LogP contribution is -2.43. The number of hydrogen-bond acceptors (Lipinski definition) is 2. The fourth-order valence-corrected chi connectivity index (χ4v) is 3.42. The van der Waals surface area contributed by atoms with E-state index in [9.17, 15) is 9.59 Å². The molecule has 0 aliphatic heterocycles. The fourth-order valence-electron chi connectivity index (χ4n) is 3.42. The Morgan fingerprint density at radius 1 is 1.05 bits per heavy atom. The van der Waals surface area contributed by atoms with Gasteiger partial charge in [-0.1, -0.05) is 67.9 Å². The Labute approximate surface area is 131 Å². The molecule has 0 heterocycles. The van der Waals surface area contributed by atoms with Crippen LogP contribution >= 0.6 is 0 Å². The lowest BCUT2D eigenvalue weighted by Gasteiger charge is -2.35. The van der Waals surface area contributed by atoms with Crippen LogP contribution < -0.4 is 0 Å². The minimum atomic E-state index is -0.947. The molecule has 1 aliphatic rings. The highest BCUT2D eigenvalue weighted by Gasteiger charge is 2.47. The predicted molar refractivity (Wildman–Crippen MR) is 86.9 cm³/mol. The molecule has 0 amide bonds. The number of ketones is 2. The van der Waals surface area contributed by atoms with Gasteiger partial charge in [0.25, 0.3) is 0 Å². The monoisotopic (exact) mass is 291 g/mol. The molecule has 0 saturated carbocycles. The Morgan fingerprint density at radius 3 is 2.45 bits per heavy atom. The molecule has 1 radical (unpaired) electrons. The van der Waals surface area contributed by atoms with Crippen LogP contribution in [-0.4, -0.2) is 11.6 Å². The standard InChI is InChI=1S/C20H19O2/c1-2-13-20(18(21)16-9-4-3-5-10-16)14-12-15-8-6-7-11-17(15)19(20)22/h3-11H,1-2,12-14H2. The van der Waals surface area contributed by atoms with Gasteiger partial charge in [-0.25, -0.2) is 0 Å². The molecule has 2 aromatic carbocycles. The van der Waals surface area contributed by atoms with Gasteiger partial charge in [-0.05, 0) is 24.8 Å². The minimum Gasteiger partial charge on any atom is -0.293 e. The van der Waals surface area contributed by atoms with Gasteiger partial charge in [0.1, 0.15) is 0 Å². The molecule has 0 N–H and O–H groups in total. The number of carbonyl (C=O) groups is 2. The van der Waals surface area contributed by atoms with Crippen molar-refractivity contribution in [3.8, 4) is 0 Å². The zero-order chi connectivity index (χ0) is 15.6. The lowest BCUT2D eigenvalue weighted by molar-refractivity contribution is 0.0617. The van der Waals surface area contributed by atoms with Crippen molar-refractivity contribution in [3.63, 3.8) is 0 Å². The van der Waals surface area contributed by atoms with Crippen LogP contribution in [0.4, 0.5) is 0 Å². The maximum absolute atomic E-state index is 13.1. The second-order valence-corrected chi connectivity index (χ2v) is 5.87. The van der Waals surface area contributed by atoms with E-state index < -0.39 is 5.41 Å². The first-order valence-corrected chi connectivity index (χ1v) is 7.71. The SMILES string of the molecule is [CH2]CCC1(C(=O)c2ccccc2)CCc2ccccc2C1=O. The highest BCUT2D eigenvalue weighted by Crippen LogP contribution is 2.41. The third-order valence-corrected chi connectivity index (χ3v) is 4.59. The van der Waals surface area contributed by atoms with Crippen LogP contribution in [-0.2, 0) is 6.42 Å². The van der Waals surface area contributed by atoms with Crippen molar-refractivity contribution in [2.45, 2.75) is 25.7 Å². The quantitative estimate of drug-likeness (QED) is 0.621. The zero-order valence-corrected chi connectivity index (χ0v) is 12.5. The minimum absolute atomic E-state index is 0.0353. The molecule has 0 aromatic heterocycles. The summed E-state index contributed by atoms with van der Waals surface area (Å²) in [7, 11) is 0. The van der Waals surface area contributed by atoms with Crippen molar-refractivity contribution in [3.05, 3.63) is 78.2 Å². The van der Waals surface area contributed by atoms with Crippen molar-refractivity contribution in [1.29, 1.82) is 0 Å². The van der Waals surface area contributed by atoms with Gasteiger partial charge in [-0.15, -0.1) is 0 Å². The Balaban J connectivity index is 2.07. The number of carbonyl (C=O) groups excluding carboxylic acids is 2. The molecule has 0 fully saturated rings. The average Bonchev–Trinajstić information content (AvgIpc) is 2.58.